The maximum atomic E-state index is 12.8. The molecule has 7 heteroatoms. The SMILES string of the molecule is CCO/C=C/C(=O)Nc1ccc(C)c(S(=O)(=O)N2CCCCC2)c1. The number of amides is 1. The molecule has 2 rings (SSSR count). The van der Waals surface area contributed by atoms with E-state index >= 15 is 0 Å². The van der Waals surface area contributed by atoms with E-state index in [4.69, 9.17) is 4.74 Å². The van der Waals surface area contributed by atoms with E-state index in [-0.39, 0.29) is 10.8 Å². The molecule has 1 fully saturated rings. The topological polar surface area (TPSA) is 75.7 Å². The first kappa shape index (κ1) is 18.5. The highest BCUT2D eigenvalue weighted by atomic mass is 32.2. The summed E-state index contributed by atoms with van der Waals surface area (Å²) < 4.78 is 32.2. The Morgan fingerprint density at radius 3 is 2.67 bits per heavy atom. The average molecular weight is 352 g/mol. The lowest BCUT2D eigenvalue weighted by atomic mass is 10.2. The van der Waals surface area contributed by atoms with E-state index in [9.17, 15) is 13.2 Å². The van der Waals surface area contributed by atoms with Gasteiger partial charge in [0.2, 0.25) is 10.0 Å². The minimum atomic E-state index is -3.53. The van der Waals surface area contributed by atoms with Crippen LogP contribution in [0.5, 0.6) is 0 Å². The van der Waals surface area contributed by atoms with Gasteiger partial charge < -0.3 is 10.1 Å². The van der Waals surface area contributed by atoms with Gasteiger partial charge in [-0.25, -0.2) is 8.42 Å². The Balaban J connectivity index is 2.20. The van der Waals surface area contributed by atoms with Gasteiger partial charge in [0.1, 0.15) is 0 Å². The van der Waals surface area contributed by atoms with Crippen LogP contribution in [0.2, 0.25) is 0 Å². The standard InChI is InChI=1S/C17H24N2O4S/c1-3-23-12-9-17(20)18-15-8-7-14(2)16(13-15)24(21,22)19-10-5-4-6-11-19/h7-9,12-13H,3-6,10-11H2,1-2H3,(H,18,20)/b12-9+. The van der Waals surface area contributed by atoms with Crippen LogP contribution in [0, 0.1) is 6.92 Å². The summed E-state index contributed by atoms with van der Waals surface area (Å²) in [7, 11) is -3.53. The Labute approximate surface area is 143 Å². The van der Waals surface area contributed by atoms with Gasteiger partial charge in [-0.2, -0.15) is 4.31 Å². The largest absolute Gasteiger partial charge is 0.501 e. The molecule has 0 saturated carbocycles. The zero-order chi connectivity index (χ0) is 17.6. The third kappa shape index (κ3) is 4.58. The Morgan fingerprint density at radius 1 is 1.29 bits per heavy atom. The number of ether oxygens (including phenoxy) is 1. The molecule has 1 aromatic rings. The first-order valence-electron chi connectivity index (χ1n) is 8.15. The monoisotopic (exact) mass is 352 g/mol. The predicted octanol–water partition coefficient (Wildman–Crippen LogP) is 2.66. The second-order valence-electron chi connectivity index (χ2n) is 5.69. The van der Waals surface area contributed by atoms with Crippen LogP contribution in [0.1, 0.15) is 31.7 Å². The van der Waals surface area contributed by atoms with Gasteiger partial charge in [0.15, 0.2) is 0 Å². The fourth-order valence-corrected chi connectivity index (χ4v) is 4.36. The Bertz CT molecular complexity index is 707. The van der Waals surface area contributed by atoms with Gasteiger partial charge in [0.05, 0.1) is 17.8 Å². The number of hydrogen-bond acceptors (Lipinski definition) is 4. The second-order valence-corrected chi connectivity index (χ2v) is 7.60. The summed E-state index contributed by atoms with van der Waals surface area (Å²) in [6.07, 6.45) is 5.41. The second kappa shape index (κ2) is 8.30. The molecule has 1 aliphatic rings. The number of carbonyl (C=O) groups excluding carboxylic acids is 1. The number of nitrogens with zero attached hydrogens (tertiary/aromatic N) is 1. The lowest BCUT2D eigenvalue weighted by molar-refractivity contribution is -0.112. The Hall–Kier alpha value is -1.86. The van der Waals surface area contributed by atoms with E-state index in [2.05, 4.69) is 5.32 Å². The number of nitrogens with one attached hydrogen (secondary N) is 1. The number of aryl methyl sites for hydroxylation is 1. The highest BCUT2D eigenvalue weighted by Crippen LogP contribution is 2.26. The number of carbonyl (C=O) groups is 1. The molecule has 1 N–H and O–H groups in total. The van der Waals surface area contributed by atoms with Crippen molar-refractivity contribution < 1.29 is 17.9 Å². The van der Waals surface area contributed by atoms with Crippen LogP contribution < -0.4 is 5.32 Å². The van der Waals surface area contributed by atoms with Crippen LogP contribution in [0.15, 0.2) is 35.4 Å². The van der Waals surface area contributed by atoms with E-state index in [0.717, 1.165) is 19.3 Å². The lowest BCUT2D eigenvalue weighted by Crippen LogP contribution is -2.36. The molecule has 132 valence electrons. The van der Waals surface area contributed by atoms with Crippen molar-refractivity contribution in [2.45, 2.75) is 38.0 Å². The summed E-state index contributed by atoms with van der Waals surface area (Å²) in [5, 5.41) is 2.65. The number of rotatable bonds is 6. The minimum absolute atomic E-state index is 0.246. The van der Waals surface area contributed by atoms with Gasteiger partial charge in [-0.3, -0.25) is 4.79 Å². The average Bonchev–Trinajstić information content (AvgIpc) is 2.57. The number of anilines is 1. The van der Waals surface area contributed by atoms with Crippen LogP contribution in [-0.2, 0) is 19.6 Å². The van der Waals surface area contributed by atoms with Gasteiger partial charge in [0.25, 0.3) is 5.91 Å². The molecule has 1 saturated heterocycles. The zero-order valence-corrected chi connectivity index (χ0v) is 14.9. The molecule has 24 heavy (non-hydrogen) atoms. The molecule has 0 bridgehead atoms. The van der Waals surface area contributed by atoms with Crippen molar-refractivity contribution in [2.24, 2.45) is 0 Å². The van der Waals surface area contributed by atoms with Gasteiger partial charge >= 0.3 is 0 Å². The fourth-order valence-electron chi connectivity index (χ4n) is 2.59. The first-order valence-corrected chi connectivity index (χ1v) is 9.59. The van der Waals surface area contributed by atoms with Crippen molar-refractivity contribution in [3.8, 4) is 0 Å². The van der Waals surface area contributed by atoms with Crippen LogP contribution >= 0.6 is 0 Å². The summed E-state index contributed by atoms with van der Waals surface area (Å²) in [5.41, 5.74) is 1.12. The summed E-state index contributed by atoms with van der Waals surface area (Å²) in [4.78, 5) is 12.0. The molecule has 1 aromatic carbocycles. The summed E-state index contributed by atoms with van der Waals surface area (Å²) >= 11 is 0. The van der Waals surface area contributed by atoms with Gasteiger partial charge in [0, 0.05) is 24.9 Å². The minimum Gasteiger partial charge on any atom is -0.501 e. The van der Waals surface area contributed by atoms with Crippen LogP contribution in [0.4, 0.5) is 5.69 Å². The zero-order valence-electron chi connectivity index (χ0n) is 14.1. The maximum Gasteiger partial charge on any atom is 0.251 e. The molecule has 0 spiro atoms. The first-order chi connectivity index (χ1) is 11.4. The smallest absolute Gasteiger partial charge is 0.251 e. The van der Waals surface area contributed by atoms with Crippen LogP contribution in [-0.4, -0.2) is 38.3 Å². The highest BCUT2D eigenvalue weighted by molar-refractivity contribution is 7.89. The van der Waals surface area contributed by atoms with Gasteiger partial charge in [-0.05, 0) is 44.4 Å². The van der Waals surface area contributed by atoms with Gasteiger partial charge in [-0.1, -0.05) is 12.5 Å². The van der Waals surface area contributed by atoms with E-state index < -0.39 is 10.0 Å². The molecule has 0 atom stereocenters. The summed E-state index contributed by atoms with van der Waals surface area (Å²) in [5.74, 6) is -0.367. The van der Waals surface area contributed by atoms with Crippen molar-refractivity contribution in [1.29, 1.82) is 0 Å². The van der Waals surface area contributed by atoms with E-state index in [1.807, 2.05) is 6.92 Å². The fraction of sp³-hybridized carbons (Fsp3) is 0.471. The normalized spacial score (nSPS) is 16.2. The molecular weight excluding hydrogens is 328 g/mol. The Kier molecular flexibility index (Phi) is 6.39. The van der Waals surface area contributed by atoms with Gasteiger partial charge in [-0.15, -0.1) is 0 Å². The van der Waals surface area contributed by atoms with E-state index in [1.54, 1.807) is 19.1 Å². The lowest BCUT2D eigenvalue weighted by Gasteiger charge is -2.26. The number of benzene rings is 1. The molecule has 0 radical (unpaired) electrons. The van der Waals surface area contributed by atoms with E-state index in [0.29, 0.717) is 30.9 Å². The van der Waals surface area contributed by atoms with Crippen molar-refractivity contribution >= 4 is 21.6 Å². The van der Waals surface area contributed by atoms with Crippen molar-refractivity contribution in [1.82, 2.24) is 4.31 Å². The number of hydrogen-bond donors (Lipinski definition) is 1. The Morgan fingerprint density at radius 2 is 2.00 bits per heavy atom. The van der Waals surface area contributed by atoms with Crippen molar-refractivity contribution in [3.05, 3.63) is 36.1 Å². The molecular formula is C17H24N2O4S. The molecule has 1 heterocycles. The number of piperidine rings is 1. The molecule has 6 nitrogen and oxygen atoms in total. The summed E-state index contributed by atoms with van der Waals surface area (Å²) in [6, 6.07) is 4.92. The third-order valence-corrected chi connectivity index (χ3v) is 5.91. The number of sulfonamides is 1. The molecule has 0 aromatic heterocycles. The highest BCUT2D eigenvalue weighted by Gasteiger charge is 2.27. The van der Waals surface area contributed by atoms with Crippen LogP contribution in [0.3, 0.4) is 0 Å². The quantitative estimate of drug-likeness (QED) is 0.631. The van der Waals surface area contributed by atoms with E-state index in [1.165, 1.54) is 22.7 Å². The molecule has 0 unspecified atom stereocenters. The maximum absolute atomic E-state index is 12.8. The van der Waals surface area contributed by atoms with Crippen molar-refractivity contribution in [3.63, 3.8) is 0 Å². The molecule has 1 aliphatic heterocycles. The summed E-state index contributed by atoms with van der Waals surface area (Å²) in [6.45, 7) is 5.16. The molecule has 1 amide bonds. The van der Waals surface area contributed by atoms with Crippen molar-refractivity contribution in [2.75, 3.05) is 25.0 Å². The molecule has 0 aliphatic carbocycles. The predicted molar refractivity (Wildman–Crippen MR) is 93.2 cm³/mol. The third-order valence-electron chi connectivity index (χ3n) is 3.87. The van der Waals surface area contributed by atoms with Crippen LogP contribution in [0.25, 0.3) is 0 Å².